The van der Waals surface area contributed by atoms with E-state index in [1.165, 1.54) is 0 Å². The minimum atomic E-state index is 0.146. The molecule has 0 N–H and O–H groups in total. The molecule has 1 heterocycles. The maximum atomic E-state index is 11.3. The molecule has 1 aromatic rings. The number of carbonyl (C=O) groups is 1. The van der Waals surface area contributed by atoms with Gasteiger partial charge in [0.1, 0.15) is 0 Å². The molecule has 0 aliphatic carbocycles. The summed E-state index contributed by atoms with van der Waals surface area (Å²) in [5, 5.41) is 0. The lowest BCUT2D eigenvalue weighted by molar-refractivity contribution is 0.100. The lowest BCUT2D eigenvalue weighted by atomic mass is 10.0. The third-order valence-electron chi connectivity index (χ3n) is 1.77. The van der Waals surface area contributed by atoms with Gasteiger partial charge in [-0.2, -0.15) is 0 Å². The summed E-state index contributed by atoms with van der Waals surface area (Å²) >= 11 is 3.33. The molecule has 0 saturated heterocycles. The standard InChI is InChI=1S/C9H6BrNO/c10-6-1-2-7-8(5-6)11-4-3-9(7)12/h1-2,4-5H,3H2. The third kappa shape index (κ3) is 1.20. The van der Waals surface area contributed by atoms with Crippen LogP contribution in [0.2, 0.25) is 0 Å². The van der Waals surface area contributed by atoms with Crippen molar-refractivity contribution >= 4 is 33.6 Å². The molecule has 12 heavy (non-hydrogen) atoms. The van der Waals surface area contributed by atoms with Crippen LogP contribution >= 0.6 is 15.9 Å². The van der Waals surface area contributed by atoms with Gasteiger partial charge >= 0.3 is 0 Å². The van der Waals surface area contributed by atoms with Crippen LogP contribution in [0.25, 0.3) is 0 Å². The van der Waals surface area contributed by atoms with Gasteiger partial charge in [-0.15, -0.1) is 0 Å². The number of fused-ring (bicyclic) bond motifs is 1. The summed E-state index contributed by atoms with van der Waals surface area (Å²) in [6.45, 7) is 0. The number of hydrogen-bond donors (Lipinski definition) is 0. The van der Waals surface area contributed by atoms with Crippen LogP contribution in [0.4, 0.5) is 5.69 Å². The first kappa shape index (κ1) is 7.68. The molecule has 0 amide bonds. The molecule has 60 valence electrons. The topological polar surface area (TPSA) is 29.4 Å². The van der Waals surface area contributed by atoms with Gasteiger partial charge < -0.3 is 0 Å². The van der Waals surface area contributed by atoms with Crippen molar-refractivity contribution in [2.45, 2.75) is 6.42 Å². The SMILES string of the molecule is O=C1CC=Nc2cc(Br)ccc21. The van der Waals surface area contributed by atoms with Gasteiger partial charge in [0.25, 0.3) is 0 Å². The number of carbonyl (C=O) groups excluding carboxylic acids is 1. The maximum Gasteiger partial charge on any atom is 0.170 e. The van der Waals surface area contributed by atoms with E-state index in [9.17, 15) is 4.79 Å². The van der Waals surface area contributed by atoms with E-state index in [1.807, 2.05) is 12.1 Å². The number of aliphatic imine (C=N–C) groups is 1. The summed E-state index contributed by atoms with van der Waals surface area (Å²) in [5.74, 6) is 0.146. The highest BCUT2D eigenvalue weighted by Crippen LogP contribution is 2.27. The molecule has 0 spiro atoms. The molecular weight excluding hydrogens is 218 g/mol. The minimum Gasteiger partial charge on any atom is -0.294 e. The zero-order valence-electron chi connectivity index (χ0n) is 6.25. The number of nitrogens with zero attached hydrogens (tertiary/aromatic N) is 1. The Bertz CT molecular complexity index is 371. The molecule has 1 aliphatic heterocycles. The second-order valence-corrected chi connectivity index (χ2v) is 3.52. The van der Waals surface area contributed by atoms with Crippen molar-refractivity contribution < 1.29 is 4.79 Å². The predicted octanol–water partition coefficient (Wildman–Crippen LogP) is 2.74. The van der Waals surface area contributed by atoms with Gasteiger partial charge in [-0.05, 0) is 18.2 Å². The van der Waals surface area contributed by atoms with Crippen molar-refractivity contribution in [1.29, 1.82) is 0 Å². The van der Waals surface area contributed by atoms with Crippen molar-refractivity contribution in [3.05, 3.63) is 28.2 Å². The van der Waals surface area contributed by atoms with Gasteiger partial charge in [0.05, 0.1) is 5.69 Å². The van der Waals surface area contributed by atoms with Crippen molar-refractivity contribution in [3.63, 3.8) is 0 Å². The van der Waals surface area contributed by atoms with Crippen LogP contribution in [0.5, 0.6) is 0 Å². The Balaban J connectivity index is 2.62. The van der Waals surface area contributed by atoms with E-state index in [1.54, 1.807) is 12.3 Å². The first-order valence-electron chi connectivity index (χ1n) is 3.62. The van der Waals surface area contributed by atoms with Crippen molar-refractivity contribution in [3.8, 4) is 0 Å². The van der Waals surface area contributed by atoms with E-state index in [0.717, 1.165) is 15.7 Å². The second-order valence-electron chi connectivity index (χ2n) is 2.60. The fourth-order valence-electron chi connectivity index (χ4n) is 1.18. The summed E-state index contributed by atoms with van der Waals surface area (Å²) in [6, 6.07) is 5.51. The Hall–Kier alpha value is -0.960. The van der Waals surface area contributed by atoms with Gasteiger partial charge in [0.2, 0.25) is 0 Å². The maximum absolute atomic E-state index is 11.3. The molecule has 0 aromatic heterocycles. The number of Topliss-reactive ketones (excluding diaryl/α,β-unsaturated/α-hetero) is 1. The van der Waals surface area contributed by atoms with Gasteiger partial charge in [-0.1, -0.05) is 15.9 Å². The summed E-state index contributed by atoms with van der Waals surface area (Å²) in [5.41, 5.74) is 1.49. The summed E-state index contributed by atoms with van der Waals surface area (Å²) < 4.78 is 0.952. The van der Waals surface area contributed by atoms with Gasteiger partial charge in [0, 0.05) is 22.7 Å². The first-order valence-corrected chi connectivity index (χ1v) is 4.42. The van der Waals surface area contributed by atoms with Crippen LogP contribution in [0.1, 0.15) is 16.8 Å². The average Bonchev–Trinajstić information content (AvgIpc) is 2.04. The molecule has 0 saturated carbocycles. The van der Waals surface area contributed by atoms with Gasteiger partial charge in [-0.3, -0.25) is 9.79 Å². The van der Waals surface area contributed by atoms with Gasteiger partial charge in [0.15, 0.2) is 5.78 Å². The van der Waals surface area contributed by atoms with Crippen molar-refractivity contribution in [2.24, 2.45) is 4.99 Å². The minimum absolute atomic E-state index is 0.146. The van der Waals surface area contributed by atoms with Crippen LogP contribution in [0.15, 0.2) is 27.7 Å². The predicted molar refractivity (Wildman–Crippen MR) is 51.2 cm³/mol. The molecule has 0 fully saturated rings. The monoisotopic (exact) mass is 223 g/mol. The fraction of sp³-hybridized carbons (Fsp3) is 0.111. The third-order valence-corrected chi connectivity index (χ3v) is 2.26. The Kier molecular flexibility index (Phi) is 1.81. The van der Waals surface area contributed by atoms with Crippen LogP contribution in [0, 0.1) is 0 Å². The highest BCUT2D eigenvalue weighted by Gasteiger charge is 2.13. The molecule has 0 atom stereocenters. The number of rotatable bonds is 0. The van der Waals surface area contributed by atoms with Crippen molar-refractivity contribution in [2.75, 3.05) is 0 Å². The van der Waals surface area contributed by atoms with Gasteiger partial charge in [-0.25, -0.2) is 0 Å². The van der Waals surface area contributed by atoms with E-state index in [0.29, 0.717) is 6.42 Å². The quantitative estimate of drug-likeness (QED) is 0.666. The Labute approximate surface area is 78.4 Å². The zero-order chi connectivity index (χ0) is 8.55. The van der Waals surface area contributed by atoms with E-state index >= 15 is 0 Å². The first-order chi connectivity index (χ1) is 5.77. The number of halogens is 1. The van der Waals surface area contributed by atoms with E-state index in [2.05, 4.69) is 20.9 Å². The fourth-order valence-corrected chi connectivity index (χ4v) is 1.53. The lowest BCUT2D eigenvalue weighted by Crippen LogP contribution is -2.03. The lowest BCUT2D eigenvalue weighted by Gasteiger charge is -2.07. The summed E-state index contributed by atoms with van der Waals surface area (Å²) in [4.78, 5) is 15.4. The zero-order valence-corrected chi connectivity index (χ0v) is 7.84. The highest BCUT2D eigenvalue weighted by molar-refractivity contribution is 9.10. The number of benzene rings is 1. The van der Waals surface area contributed by atoms with E-state index in [-0.39, 0.29) is 5.78 Å². The Morgan fingerprint density at radius 3 is 3.08 bits per heavy atom. The molecule has 2 rings (SSSR count). The second kappa shape index (κ2) is 2.83. The Morgan fingerprint density at radius 2 is 2.25 bits per heavy atom. The highest BCUT2D eigenvalue weighted by atomic mass is 79.9. The smallest absolute Gasteiger partial charge is 0.170 e. The molecule has 0 radical (unpaired) electrons. The number of hydrogen-bond acceptors (Lipinski definition) is 2. The largest absolute Gasteiger partial charge is 0.294 e. The van der Waals surface area contributed by atoms with E-state index in [4.69, 9.17) is 0 Å². The number of ketones is 1. The van der Waals surface area contributed by atoms with Crippen LogP contribution in [-0.4, -0.2) is 12.0 Å². The summed E-state index contributed by atoms with van der Waals surface area (Å²) in [6.07, 6.45) is 2.08. The van der Waals surface area contributed by atoms with Crippen LogP contribution in [0.3, 0.4) is 0 Å². The normalized spacial score (nSPS) is 14.6. The molecule has 3 heteroatoms. The molecule has 1 aromatic carbocycles. The molecule has 1 aliphatic rings. The Morgan fingerprint density at radius 1 is 1.42 bits per heavy atom. The molecule has 2 nitrogen and oxygen atoms in total. The molecule has 0 unspecified atom stereocenters. The van der Waals surface area contributed by atoms with Crippen molar-refractivity contribution in [1.82, 2.24) is 0 Å². The van der Waals surface area contributed by atoms with Crippen LogP contribution in [-0.2, 0) is 0 Å². The van der Waals surface area contributed by atoms with E-state index < -0.39 is 0 Å². The molecular formula is C9H6BrNO. The summed E-state index contributed by atoms with van der Waals surface area (Å²) in [7, 11) is 0. The average molecular weight is 224 g/mol. The van der Waals surface area contributed by atoms with Crippen LogP contribution < -0.4 is 0 Å². The molecule has 0 bridgehead atoms.